The molecule has 4 N–H and O–H groups in total. The highest BCUT2D eigenvalue weighted by Crippen LogP contribution is 2.42. The summed E-state index contributed by atoms with van der Waals surface area (Å²) < 4.78 is 6.64. The topological polar surface area (TPSA) is 110 Å². The van der Waals surface area contributed by atoms with Crippen LogP contribution in [0, 0.1) is 11.8 Å². The number of nitrogens with zero attached hydrogens (tertiary/aromatic N) is 1. The molecule has 0 amide bonds. The van der Waals surface area contributed by atoms with Crippen LogP contribution in [0.1, 0.15) is 51.5 Å². The van der Waals surface area contributed by atoms with E-state index in [1.165, 1.54) is 0 Å². The lowest BCUT2D eigenvalue weighted by molar-refractivity contribution is -0.879. The largest absolute Gasteiger partial charge is 1.00 e. The molecule has 0 bridgehead atoms. The highest BCUT2D eigenvalue weighted by atomic mass is 79.9. The number of carbonyl (C=O) groups is 2. The number of carboxylic acids is 1. The van der Waals surface area contributed by atoms with Crippen molar-refractivity contribution in [1.29, 1.82) is 0 Å². The summed E-state index contributed by atoms with van der Waals surface area (Å²) in [5.41, 5.74) is 4.33. The Morgan fingerprint density at radius 2 is 1.69 bits per heavy atom. The van der Waals surface area contributed by atoms with Crippen LogP contribution in [0.25, 0.3) is 0 Å². The molecular formula is C24H39BrN2O5. The second kappa shape index (κ2) is 12.1. The molecule has 1 saturated carbocycles. The van der Waals surface area contributed by atoms with Crippen LogP contribution in [0.5, 0.6) is 0 Å². The minimum absolute atomic E-state index is 0. The number of carbonyl (C=O) groups excluding carboxylic acids is 1. The molecule has 1 aliphatic heterocycles. The molecule has 3 atom stereocenters. The van der Waals surface area contributed by atoms with E-state index in [0.717, 1.165) is 49.7 Å². The third kappa shape index (κ3) is 7.27. The van der Waals surface area contributed by atoms with Gasteiger partial charge in [-0.2, -0.15) is 0 Å². The van der Waals surface area contributed by atoms with Gasteiger partial charge in [0.2, 0.25) is 0 Å². The predicted molar refractivity (Wildman–Crippen MR) is 119 cm³/mol. The third-order valence-corrected chi connectivity index (χ3v) is 6.50. The Morgan fingerprint density at radius 3 is 2.09 bits per heavy atom. The number of likely N-dealkylation sites (N-methyl/N-ethyl adjacent to an activating group) is 1. The third-order valence-electron chi connectivity index (χ3n) is 6.50. The molecule has 0 spiro atoms. The van der Waals surface area contributed by atoms with Crippen LogP contribution < -0.4 is 22.7 Å². The number of nitrogens with two attached hydrogens (primary N) is 1. The van der Waals surface area contributed by atoms with E-state index in [1.54, 1.807) is 13.8 Å². The Kier molecular flexibility index (Phi) is 10.8. The first-order valence-corrected chi connectivity index (χ1v) is 11.3. The highest BCUT2D eigenvalue weighted by molar-refractivity contribution is 5.81. The van der Waals surface area contributed by atoms with Crippen molar-refractivity contribution < 1.29 is 46.0 Å². The van der Waals surface area contributed by atoms with E-state index in [4.69, 9.17) is 15.6 Å². The minimum Gasteiger partial charge on any atom is -1.00 e. The maximum absolute atomic E-state index is 12.9. The maximum atomic E-state index is 12.9. The van der Waals surface area contributed by atoms with Crippen LogP contribution in [0.3, 0.4) is 0 Å². The number of rotatable bonds is 6. The average Bonchev–Trinajstić information content (AvgIpc) is 3.37. The molecule has 1 heterocycles. The van der Waals surface area contributed by atoms with Crippen LogP contribution in [-0.4, -0.2) is 66.0 Å². The molecule has 2 unspecified atom stereocenters. The number of carboxylic acid groups (broad SMARTS) is 1. The number of quaternary nitrogens is 1. The molecule has 32 heavy (non-hydrogen) atoms. The number of ether oxygens (including phenoxy) is 1. The van der Waals surface area contributed by atoms with Gasteiger partial charge in [-0.15, -0.1) is 0 Å². The Balaban J connectivity index is 0.000000491. The fraction of sp³-hybridized carbons (Fsp3) is 0.667. The Bertz CT molecular complexity index is 737. The van der Waals surface area contributed by atoms with Gasteiger partial charge in [0.1, 0.15) is 12.6 Å². The molecule has 1 aromatic carbocycles. The lowest BCUT2D eigenvalue weighted by atomic mass is 9.80. The molecule has 0 aromatic heterocycles. The van der Waals surface area contributed by atoms with E-state index in [0.29, 0.717) is 5.56 Å². The van der Waals surface area contributed by atoms with Crippen LogP contribution in [0.4, 0.5) is 0 Å². The zero-order chi connectivity index (χ0) is 23.2. The molecule has 1 aromatic rings. The summed E-state index contributed by atoms with van der Waals surface area (Å²) >= 11 is 0. The summed E-state index contributed by atoms with van der Waals surface area (Å²) in [6.07, 6.45) is 4.68. The monoisotopic (exact) mass is 514 g/mol. The number of esters is 1. The number of halogens is 1. The second-order valence-corrected chi connectivity index (χ2v) is 9.88. The second-order valence-electron chi connectivity index (χ2n) is 9.88. The van der Waals surface area contributed by atoms with Crippen LogP contribution >= 0.6 is 0 Å². The van der Waals surface area contributed by atoms with Crippen LogP contribution in [0.15, 0.2) is 30.3 Å². The lowest BCUT2D eigenvalue weighted by Crippen LogP contribution is -3.00. The molecule has 7 nitrogen and oxygen atoms in total. The molecule has 8 heteroatoms. The van der Waals surface area contributed by atoms with E-state index in [1.807, 2.05) is 30.3 Å². The molecule has 1 saturated heterocycles. The normalized spacial score (nSPS) is 22.8. The number of aliphatic hydroxyl groups is 1. The van der Waals surface area contributed by atoms with Gasteiger partial charge < -0.3 is 42.1 Å². The molecular weight excluding hydrogens is 476 g/mol. The van der Waals surface area contributed by atoms with Crippen LogP contribution in [-0.2, 0) is 19.9 Å². The van der Waals surface area contributed by atoms with Crippen molar-refractivity contribution >= 4 is 11.9 Å². The first-order chi connectivity index (χ1) is 14.5. The van der Waals surface area contributed by atoms with Gasteiger partial charge in [-0.3, -0.25) is 4.79 Å². The Labute approximate surface area is 202 Å². The van der Waals surface area contributed by atoms with E-state index in [2.05, 4.69) is 14.1 Å². The van der Waals surface area contributed by atoms with Gasteiger partial charge in [-0.1, -0.05) is 57.0 Å². The Morgan fingerprint density at radius 1 is 1.12 bits per heavy atom. The van der Waals surface area contributed by atoms with Crippen LogP contribution in [0.2, 0.25) is 0 Å². The average molecular weight is 515 g/mol. The van der Waals surface area contributed by atoms with Crippen molar-refractivity contribution in [1.82, 2.24) is 0 Å². The molecule has 2 fully saturated rings. The number of hydrogen-bond donors (Lipinski definition) is 3. The van der Waals surface area contributed by atoms with Gasteiger partial charge in [-0.05, 0) is 24.3 Å². The minimum atomic E-state index is -1.50. The van der Waals surface area contributed by atoms with Gasteiger partial charge in [0.15, 0.2) is 11.7 Å². The van der Waals surface area contributed by atoms with Crippen molar-refractivity contribution in [3.63, 3.8) is 0 Å². The zero-order valence-electron chi connectivity index (χ0n) is 19.7. The number of likely N-dealkylation sites (tertiary alicyclic amines) is 1. The fourth-order valence-electron chi connectivity index (χ4n) is 4.41. The van der Waals surface area contributed by atoms with Gasteiger partial charge in [0.25, 0.3) is 0 Å². The van der Waals surface area contributed by atoms with Crippen molar-refractivity contribution in [2.75, 3.05) is 27.2 Å². The number of benzene rings is 1. The predicted octanol–water partition coefficient (Wildman–Crippen LogP) is -0.485. The smallest absolute Gasteiger partial charge is 0.343 e. The first kappa shape index (κ1) is 28.6. The summed E-state index contributed by atoms with van der Waals surface area (Å²) in [7, 11) is 4.29. The first-order valence-electron chi connectivity index (χ1n) is 11.3. The fourth-order valence-corrected chi connectivity index (χ4v) is 4.41. The van der Waals surface area contributed by atoms with E-state index < -0.39 is 23.6 Å². The van der Waals surface area contributed by atoms with Gasteiger partial charge in [0, 0.05) is 12.3 Å². The summed E-state index contributed by atoms with van der Waals surface area (Å²) in [4.78, 5) is 23.0. The quantitative estimate of drug-likeness (QED) is 0.349. The molecule has 182 valence electrons. The summed E-state index contributed by atoms with van der Waals surface area (Å²) in [5.74, 6) is -1.41. The molecule has 1 aliphatic carbocycles. The maximum Gasteiger partial charge on any atom is 0.343 e. The van der Waals surface area contributed by atoms with Gasteiger partial charge in [-0.25, -0.2) is 4.79 Å². The van der Waals surface area contributed by atoms with Gasteiger partial charge in [0.05, 0.1) is 20.6 Å². The van der Waals surface area contributed by atoms with E-state index in [-0.39, 0.29) is 34.9 Å². The van der Waals surface area contributed by atoms with E-state index in [9.17, 15) is 14.7 Å². The summed E-state index contributed by atoms with van der Waals surface area (Å²) in [6.45, 7) is 5.38. The molecule has 0 radical (unpaired) electrons. The lowest BCUT2D eigenvalue weighted by Gasteiger charge is -2.33. The Hall–Kier alpha value is -1.48. The van der Waals surface area contributed by atoms with Crippen molar-refractivity contribution in [2.24, 2.45) is 17.6 Å². The zero-order valence-corrected chi connectivity index (χ0v) is 21.3. The molecule has 2 aliphatic rings. The van der Waals surface area contributed by atoms with E-state index >= 15 is 0 Å². The standard InChI is InChI=1S/C19H28NO3.C5H11NO2.BrH/c1-20(2)13-12-17(14-20)23-18(21)19(22,16-10-6-7-11-16)15-8-4-3-5-9-15;1-3(2)4(6)5(7)8;/h3-5,8-9,16-17,22H,6-7,10-14H2,1-2H3;3-4H,6H2,1-2H3,(H,7,8);1H/q+1;;/p-1/t;4-;/m.0./s1. The van der Waals surface area contributed by atoms with Gasteiger partial charge >= 0.3 is 11.9 Å². The molecule has 3 rings (SSSR count). The summed E-state index contributed by atoms with van der Waals surface area (Å²) in [6, 6.07) is 8.62. The number of aliphatic carboxylic acids is 1. The summed E-state index contributed by atoms with van der Waals surface area (Å²) in [5, 5.41) is 19.6. The number of hydrogen-bond acceptors (Lipinski definition) is 5. The SMILES string of the molecule is CC(C)[C@H](N)C(=O)O.C[N+]1(C)CCC(OC(=O)C(O)(c2ccccc2)C2CCCC2)C1.[Br-]. The van der Waals surface area contributed by atoms with Crippen molar-refractivity contribution in [3.05, 3.63) is 35.9 Å². The van der Waals surface area contributed by atoms with Crippen molar-refractivity contribution in [3.8, 4) is 0 Å². The van der Waals surface area contributed by atoms with Crippen molar-refractivity contribution in [2.45, 2.75) is 63.7 Å². The highest BCUT2D eigenvalue weighted by Gasteiger charge is 2.49.